The van der Waals surface area contributed by atoms with Gasteiger partial charge in [0.2, 0.25) is 0 Å². The van der Waals surface area contributed by atoms with Gasteiger partial charge < -0.3 is 15.0 Å². The van der Waals surface area contributed by atoms with Gasteiger partial charge in [-0.25, -0.2) is 4.39 Å². The van der Waals surface area contributed by atoms with Crippen molar-refractivity contribution in [1.29, 1.82) is 0 Å². The number of hydrogen-bond acceptors (Lipinski definition) is 3. The lowest BCUT2D eigenvalue weighted by atomic mass is 10.1. The Labute approximate surface area is 121 Å². The fraction of sp³-hybridized carbons (Fsp3) is 0.625. The minimum absolute atomic E-state index is 0.152. The molecular formula is C16H25FN2O. The summed E-state index contributed by atoms with van der Waals surface area (Å²) in [6.45, 7) is 5.37. The maximum absolute atomic E-state index is 14.2. The predicted octanol–water partition coefficient (Wildman–Crippen LogP) is 2.94. The molecule has 20 heavy (non-hydrogen) atoms. The zero-order valence-electron chi connectivity index (χ0n) is 12.5. The first kappa shape index (κ1) is 15.3. The van der Waals surface area contributed by atoms with Gasteiger partial charge in [0.1, 0.15) is 5.82 Å². The molecule has 2 rings (SSSR count). The van der Waals surface area contributed by atoms with Gasteiger partial charge in [0.05, 0.1) is 11.8 Å². The number of nitrogens with zero attached hydrogens (tertiary/aromatic N) is 1. The normalized spacial score (nSPS) is 18.4. The van der Waals surface area contributed by atoms with E-state index in [1.54, 1.807) is 6.07 Å². The molecule has 4 heteroatoms. The Balaban J connectivity index is 2.06. The van der Waals surface area contributed by atoms with Gasteiger partial charge in [-0.1, -0.05) is 19.1 Å². The molecule has 0 bridgehead atoms. The predicted molar refractivity (Wildman–Crippen MR) is 80.6 cm³/mol. The van der Waals surface area contributed by atoms with Crippen LogP contribution in [-0.4, -0.2) is 32.8 Å². The first-order valence-corrected chi connectivity index (χ1v) is 7.53. The van der Waals surface area contributed by atoms with Crippen molar-refractivity contribution < 1.29 is 9.13 Å². The van der Waals surface area contributed by atoms with Gasteiger partial charge in [-0.3, -0.25) is 0 Å². The smallest absolute Gasteiger partial charge is 0.146 e. The topological polar surface area (TPSA) is 24.5 Å². The van der Waals surface area contributed by atoms with E-state index in [0.717, 1.165) is 44.5 Å². The van der Waals surface area contributed by atoms with Crippen LogP contribution >= 0.6 is 0 Å². The maximum Gasteiger partial charge on any atom is 0.146 e. The van der Waals surface area contributed by atoms with E-state index in [4.69, 9.17) is 4.74 Å². The number of ether oxygens (including phenoxy) is 1. The minimum Gasteiger partial charge on any atom is -0.376 e. The Kier molecular flexibility index (Phi) is 5.80. The molecule has 0 amide bonds. The molecule has 1 aliphatic rings. The molecule has 1 aromatic rings. The summed E-state index contributed by atoms with van der Waals surface area (Å²) in [5.41, 5.74) is 1.71. The summed E-state index contributed by atoms with van der Waals surface area (Å²) in [5, 5.41) is 3.34. The fourth-order valence-electron chi connectivity index (χ4n) is 2.72. The van der Waals surface area contributed by atoms with Gasteiger partial charge >= 0.3 is 0 Å². The molecule has 0 aromatic heterocycles. The van der Waals surface area contributed by atoms with Gasteiger partial charge in [0, 0.05) is 26.7 Å². The highest BCUT2D eigenvalue weighted by atomic mass is 19.1. The molecule has 3 nitrogen and oxygen atoms in total. The monoisotopic (exact) mass is 280 g/mol. The van der Waals surface area contributed by atoms with Crippen molar-refractivity contribution in [2.24, 2.45) is 0 Å². The number of para-hydroxylation sites is 1. The van der Waals surface area contributed by atoms with E-state index in [1.807, 2.05) is 18.0 Å². The minimum atomic E-state index is -0.152. The third kappa shape index (κ3) is 3.93. The first-order valence-electron chi connectivity index (χ1n) is 7.53. The Bertz CT molecular complexity index is 419. The van der Waals surface area contributed by atoms with Gasteiger partial charge in [0.25, 0.3) is 0 Å². The molecule has 112 valence electrons. The van der Waals surface area contributed by atoms with Crippen LogP contribution in [-0.2, 0) is 11.3 Å². The zero-order chi connectivity index (χ0) is 14.4. The average Bonchev–Trinajstić information content (AvgIpc) is 2.92. The molecule has 0 saturated carbocycles. The number of hydrogen-bond donors (Lipinski definition) is 1. The van der Waals surface area contributed by atoms with Crippen molar-refractivity contribution >= 4 is 5.69 Å². The van der Waals surface area contributed by atoms with Crippen molar-refractivity contribution in [3.8, 4) is 0 Å². The van der Waals surface area contributed by atoms with E-state index in [9.17, 15) is 4.39 Å². The summed E-state index contributed by atoms with van der Waals surface area (Å²) in [5.74, 6) is -0.152. The zero-order valence-corrected chi connectivity index (χ0v) is 12.5. The van der Waals surface area contributed by atoms with E-state index in [2.05, 4.69) is 12.2 Å². The highest BCUT2D eigenvalue weighted by Crippen LogP contribution is 2.25. The Morgan fingerprint density at radius 2 is 2.30 bits per heavy atom. The van der Waals surface area contributed by atoms with Crippen molar-refractivity contribution in [3.05, 3.63) is 29.6 Å². The van der Waals surface area contributed by atoms with E-state index < -0.39 is 0 Å². The fourth-order valence-corrected chi connectivity index (χ4v) is 2.72. The summed E-state index contributed by atoms with van der Waals surface area (Å²) < 4.78 is 19.8. The van der Waals surface area contributed by atoms with Crippen LogP contribution in [0.1, 0.15) is 31.7 Å². The lowest BCUT2D eigenvalue weighted by molar-refractivity contribution is 0.116. The van der Waals surface area contributed by atoms with Crippen molar-refractivity contribution in [2.75, 3.05) is 31.6 Å². The van der Waals surface area contributed by atoms with Gasteiger partial charge in [0.15, 0.2) is 0 Å². The molecule has 1 N–H and O–H groups in total. The third-order valence-corrected chi connectivity index (χ3v) is 3.70. The van der Waals surface area contributed by atoms with Crippen LogP contribution in [0.3, 0.4) is 0 Å². The average molecular weight is 280 g/mol. The van der Waals surface area contributed by atoms with Crippen molar-refractivity contribution in [2.45, 2.75) is 38.8 Å². The van der Waals surface area contributed by atoms with E-state index in [0.29, 0.717) is 12.2 Å². The lowest BCUT2D eigenvalue weighted by Crippen LogP contribution is -2.30. The number of benzene rings is 1. The van der Waals surface area contributed by atoms with Crippen LogP contribution in [0.25, 0.3) is 0 Å². The van der Waals surface area contributed by atoms with Crippen LogP contribution in [0.4, 0.5) is 10.1 Å². The summed E-state index contributed by atoms with van der Waals surface area (Å²) in [4.78, 5) is 1.99. The molecule has 1 fully saturated rings. The quantitative estimate of drug-likeness (QED) is 0.777. The Hall–Kier alpha value is -1.13. The van der Waals surface area contributed by atoms with E-state index >= 15 is 0 Å². The molecule has 0 radical (unpaired) electrons. The molecule has 1 atom stereocenters. The van der Waals surface area contributed by atoms with Crippen LogP contribution in [0.15, 0.2) is 18.2 Å². The molecule has 1 heterocycles. The summed E-state index contributed by atoms with van der Waals surface area (Å²) in [7, 11) is 1.95. The number of nitrogens with one attached hydrogen (secondary N) is 1. The molecule has 1 aliphatic heterocycles. The van der Waals surface area contributed by atoms with Crippen LogP contribution in [0.2, 0.25) is 0 Å². The maximum atomic E-state index is 14.2. The lowest BCUT2D eigenvalue weighted by Gasteiger charge is -2.25. The molecular weight excluding hydrogens is 255 g/mol. The standard InChI is InChI=1S/C16H25FN2O/c1-3-9-18-11-13-6-4-8-15(17)16(13)19(2)12-14-7-5-10-20-14/h4,6,8,14,18H,3,5,7,9-12H2,1-2H3. The molecule has 1 aromatic carbocycles. The highest BCUT2D eigenvalue weighted by Gasteiger charge is 2.20. The van der Waals surface area contributed by atoms with Crippen LogP contribution in [0.5, 0.6) is 0 Å². The SMILES string of the molecule is CCCNCc1cccc(F)c1N(C)CC1CCCO1. The van der Waals surface area contributed by atoms with Gasteiger partial charge in [-0.05, 0) is 37.4 Å². The Morgan fingerprint density at radius 3 is 3.00 bits per heavy atom. The summed E-state index contributed by atoms with van der Waals surface area (Å²) >= 11 is 0. The summed E-state index contributed by atoms with van der Waals surface area (Å²) in [6, 6.07) is 5.30. The van der Waals surface area contributed by atoms with Gasteiger partial charge in [-0.2, -0.15) is 0 Å². The van der Waals surface area contributed by atoms with Crippen LogP contribution in [0, 0.1) is 5.82 Å². The second-order valence-electron chi connectivity index (χ2n) is 5.44. The molecule has 1 unspecified atom stereocenters. The number of likely N-dealkylation sites (N-methyl/N-ethyl adjacent to an activating group) is 1. The molecule has 0 spiro atoms. The van der Waals surface area contributed by atoms with Gasteiger partial charge in [-0.15, -0.1) is 0 Å². The number of halogens is 1. The van der Waals surface area contributed by atoms with E-state index in [1.165, 1.54) is 6.07 Å². The molecule has 0 aliphatic carbocycles. The second kappa shape index (κ2) is 7.60. The summed E-state index contributed by atoms with van der Waals surface area (Å²) in [6.07, 6.45) is 3.50. The van der Waals surface area contributed by atoms with Crippen molar-refractivity contribution in [3.63, 3.8) is 0 Å². The largest absolute Gasteiger partial charge is 0.376 e. The second-order valence-corrected chi connectivity index (χ2v) is 5.44. The third-order valence-electron chi connectivity index (χ3n) is 3.70. The molecule has 1 saturated heterocycles. The Morgan fingerprint density at radius 1 is 1.45 bits per heavy atom. The number of rotatable bonds is 7. The highest BCUT2D eigenvalue weighted by molar-refractivity contribution is 5.54. The number of anilines is 1. The van der Waals surface area contributed by atoms with Crippen molar-refractivity contribution in [1.82, 2.24) is 5.32 Å². The first-order chi connectivity index (χ1) is 9.72. The van der Waals surface area contributed by atoms with Crippen LogP contribution < -0.4 is 10.2 Å². The van der Waals surface area contributed by atoms with E-state index in [-0.39, 0.29) is 11.9 Å².